The summed E-state index contributed by atoms with van der Waals surface area (Å²) in [4.78, 5) is 0. The van der Waals surface area contributed by atoms with Crippen LogP contribution in [0.3, 0.4) is 0 Å². The van der Waals surface area contributed by atoms with Crippen molar-refractivity contribution in [2.45, 2.75) is 13.3 Å². The van der Waals surface area contributed by atoms with E-state index in [0.717, 1.165) is 16.8 Å². The Balaban J connectivity index is 2.23. The van der Waals surface area contributed by atoms with Gasteiger partial charge in [-0.1, -0.05) is 17.7 Å². The molecular formula is C15H16ClFN2. The fourth-order valence-electron chi connectivity index (χ4n) is 1.89. The lowest BCUT2D eigenvalue weighted by molar-refractivity contribution is 0.629. The zero-order chi connectivity index (χ0) is 13.8. The Morgan fingerprint density at radius 1 is 1.16 bits per heavy atom. The lowest BCUT2D eigenvalue weighted by atomic mass is 10.1. The maximum atomic E-state index is 13.9. The summed E-state index contributed by atoms with van der Waals surface area (Å²) >= 11 is 5.89. The van der Waals surface area contributed by atoms with Crippen LogP contribution in [0.2, 0.25) is 5.02 Å². The molecule has 2 nitrogen and oxygen atoms in total. The van der Waals surface area contributed by atoms with E-state index in [0.29, 0.717) is 23.7 Å². The first-order chi connectivity index (χ1) is 9.10. The zero-order valence-electron chi connectivity index (χ0n) is 10.7. The standard InChI is InChI=1S/C15H16ClFN2/c1-10-8-12(16)3-5-14(10)19-15-4-2-11(6-7-18)9-13(15)17/h2-5,8-9,19H,6-7,18H2,1H3. The second-order valence-electron chi connectivity index (χ2n) is 4.44. The van der Waals surface area contributed by atoms with Crippen LogP contribution < -0.4 is 11.1 Å². The van der Waals surface area contributed by atoms with E-state index in [1.54, 1.807) is 12.1 Å². The smallest absolute Gasteiger partial charge is 0.146 e. The number of aryl methyl sites for hydroxylation is 1. The molecule has 0 fully saturated rings. The van der Waals surface area contributed by atoms with Gasteiger partial charge in [0.2, 0.25) is 0 Å². The van der Waals surface area contributed by atoms with Crippen LogP contribution in [0.25, 0.3) is 0 Å². The Bertz CT molecular complexity index is 584. The van der Waals surface area contributed by atoms with Crippen molar-refractivity contribution in [3.05, 3.63) is 58.4 Å². The topological polar surface area (TPSA) is 38.0 Å². The van der Waals surface area contributed by atoms with Crippen LogP contribution in [-0.2, 0) is 6.42 Å². The molecule has 0 aliphatic heterocycles. The summed E-state index contributed by atoms with van der Waals surface area (Å²) in [6, 6.07) is 10.6. The highest BCUT2D eigenvalue weighted by Crippen LogP contribution is 2.25. The lowest BCUT2D eigenvalue weighted by Gasteiger charge is -2.11. The molecule has 0 aliphatic rings. The molecule has 3 N–H and O–H groups in total. The van der Waals surface area contributed by atoms with Crippen molar-refractivity contribution >= 4 is 23.0 Å². The molecular weight excluding hydrogens is 263 g/mol. The molecule has 2 rings (SSSR count). The van der Waals surface area contributed by atoms with Gasteiger partial charge in [-0.05, 0) is 61.3 Å². The van der Waals surface area contributed by atoms with E-state index in [1.165, 1.54) is 6.07 Å². The molecule has 2 aromatic rings. The first kappa shape index (κ1) is 13.8. The molecule has 0 spiro atoms. The van der Waals surface area contributed by atoms with E-state index in [-0.39, 0.29) is 5.82 Å². The largest absolute Gasteiger partial charge is 0.353 e. The predicted molar refractivity (Wildman–Crippen MR) is 78.6 cm³/mol. The number of rotatable bonds is 4. The second-order valence-corrected chi connectivity index (χ2v) is 4.87. The van der Waals surface area contributed by atoms with E-state index in [2.05, 4.69) is 5.32 Å². The van der Waals surface area contributed by atoms with Crippen molar-refractivity contribution in [2.24, 2.45) is 5.73 Å². The first-order valence-corrected chi connectivity index (χ1v) is 6.49. The van der Waals surface area contributed by atoms with Crippen LogP contribution >= 0.6 is 11.6 Å². The van der Waals surface area contributed by atoms with Gasteiger partial charge < -0.3 is 11.1 Å². The molecule has 0 aromatic heterocycles. The van der Waals surface area contributed by atoms with Crippen molar-refractivity contribution in [3.8, 4) is 0 Å². The Hall–Kier alpha value is -1.58. The third-order valence-corrected chi connectivity index (χ3v) is 3.16. The minimum Gasteiger partial charge on any atom is -0.353 e. The van der Waals surface area contributed by atoms with Crippen molar-refractivity contribution in [2.75, 3.05) is 11.9 Å². The van der Waals surface area contributed by atoms with Gasteiger partial charge in [0.15, 0.2) is 0 Å². The highest BCUT2D eigenvalue weighted by Gasteiger charge is 2.06. The van der Waals surface area contributed by atoms with Crippen LogP contribution in [-0.4, -0.2) is 6.54 Å². The lowest BCUT2D eigenvalue weighted by Crippen LogP contribution is -2.03. The number of nitrogens with one attached hydrogen (secondary N) is 1. The molecule has 0 atom stereocenters. The molecule has 0 bridgehead atoms. The molecule has 0 amide bonds. The van der Waals surface area contributed by atoms with Crippen LogP contribution in [0.5, 0.6) is 0 Å². The first-order valence-electron chi connectivity index (χ1n) is 6.12. The van der Waals surface area contributed by atoms with Gasteiger partial charge in [-0.2, -0.15) is 0 Å². The summed E-state index contributed by atoms with van der Waals surface area (Å²) < 4.78 is 13.9. The van der Waals surface area contributed by atoms with E-state index in [9.17, 15) is 4.39 Å². The highest BCUT2D eigenvalue weighted by molar-refractivity contribution is 6.30. The van der Waals surface area contributed by atoms with Gasteiger partial charge >= 0.3 is 0 Å². The van der Waals surface area contributed by atoms with E-state index >= 15 is 0 Å². The summed E-state index contributed by atoms with van der Waals surface area (Å²) in [5.74, 6) is -0.277. The number of nitrogens with two attached hydrogens (primary N) is 1. The maximum Gasteiger partial charge on any atom is 0.146 e. The van der Waals surface area contributed by atoms with Gasteiger partial charge in [-0.15, -0.1) is 0 Å². The zero-order valence-corrected chi connectivity index (χ0v) is 11.5. The Morgan fingerprint density at radius 2 is 1.89 bits per heavy atom. The minimum absolute atomic E-state index is 0.277. The quantitative estimate of drug-likeness (QED) is 0.886. The number of benzene rings is 2. The van der Waals surface area contributed by atoms with Crippen molar-refractivity contribution < 1.29 is 4.39 Å². The fourth-order valence-corrected chi connectivity index (χ4v) is 2.12. The summed E-state index contributed by atoms with van der Waals surface area (Å²) in [7, 11) is 0. The molecule has 4 heteroatoms. The van der Waals surface area contributed by atoms with Crippen LogP contribution in [0.15, 0.2) is 36.4 Å². The fraction of sp³-hybridized carbons (Fsp3) is 0.200. The Morgan fingerprint density at radius 3 is 2.53 bits per heavy atom. The van der Waals surface area contributed by atoms with Crippen LogP contribution in [0.4, 0.5) is 15.8 Å². The SMILES string of the molecule is Cc1cc(Cl)ccc1Nc1ccc(CCN)cc1F. The Kier molecular flexibility index (Phi) is 4.40. The monoisotopic (exact) mass is 278 g/mol. The van der Waals surface area contributed by atoms with Gasteiger partial charge in [0.05, 0.1) is 5.69 Å². The van der Waals surface area contributed by atoms with Gasteiger partial charge in [-0.25, -0.2) is 4.39 Å². The third-order valence-electron chi connectivity index (χ3n) is 2.92. The summed E-state index contributed by atoms with van der Waals surface area (Å²) in [5, 5.41) is 3.74. The Labute approximate surface area is 117 Å². The molecule has 0 saturated carbocycles. The number of halogens is 2. The summed E-state index contributed by atoms with van der Waals surface area (Å²) in [6.07, 6.45) is 0.678. The highest BCUT2D eigenvalue weighted by atomic mass is 35.5. The van der Waals surface area contributed by atoms with Crippen LogP contribution in [0.1, 0.15) is 11.1 Å². The minimum atomic E-state index is -0.277. The average molecular weight is 279 g/mol. The van der Waals surface area contributed by atoms with E-state index in [1.807, 2.05) is 25.1 Å². The molecule has 0 heterocycles. The molecule has 0 aliphatic carbocycles. The number of hydrogen-bond donors (Lipinski definition) is 2. The van der Waals surface area contributed by atoms with Gasteiger partial charge in [-0.3, -0.25) is 0 Å². The average Bonchev–Trinajstić information content (AvgIpc) is 2.36. The number of anilines is 2. The molecule has 100 valence electrons. The predicted octanol–water partition coefficient (Wildman–Crippen LogP) is 4.03. The molecule has 0 radical (unpaired) electrons. The second kappa shape index (κ2) is 6.04. The molecule has 0 unspecified atom stereocenters. The molecule has 0 saturated heterocycles. The number of hydrogen-bond acceptors (Lipinski definition) is 2. The van der Waals surface area contributed by atoms with Crippen molar-refractivity contribution in [1.29, 1.82) is 0 Å². The summed E-state index contributed by atoms with van der Waals surface area (Å²) in [6.45, 7) is 2.44. The maximum absolute atomic E-state index is 13.9. The van der Waals surface area contributed by atoms with Crippen molar-refractivity contribution in [3.63, 3.8) is 0 Å². The third kappa shape index (κ3) is 3.46. The van der Waals surface area contributed by atoms with Gasteiger partial charge in [0, 0.05) is 10.7 Å². The molecule has 19 heavy (non-hydrogen) atoms. The van der Waals surface area contributed by atoms with Gasteiger partial charge in [0.25, 0.3) is 0 Å². The van der Waals surface area contributed by atoms with Crippen LogP contribution in [0, 0.1) is 12.7 Å². The molecule has 2 aromatic carbocycles. The van der Waals surface area contributed by atoms with Gasteiger partial charge in [0.1, 0.15) is 5.82 Å². The summed E-state index contributed by atoms with van der Waals surface area (Å²) in [5.41, 5.74) is 8.62. The normalized spacial score (nSPS) is 10.5. The van der Waals surface area contributed by atoms with E-state index < -0.39 is 0 Å². The van der Waals surface area contributed by atoms with E-state index in [4.69, 9.17) is 17.3 Å². The van der Waals surface area contributed by atoms with Crippen molar-refractivity contribution in [1.82, 2.24) is 0 Å².